The van der Waals surface area contributed by atoms with Gasteiger partial charge in [-0.3, -0.25) is 0 Å². The van der Waals surface area contributed by atoms with Crippen LogP contribution in [0.1, 0.15) is 0 Å². The number of benzene rings is 9. The van der Waals surface area contributed by atoms with Crippen LogP contribution in [0, 0.1) is 0 Å². The van der Waals surface area contributed by atoms with E-state index >= 15 is 0 Å². The zero-order valence-electron chi connectivity index (χ0n) is 41.7. The Morgan fingerprint density at radius 3 is 0.987 bits per heavy atom. The number of aromatic nitrogens is 8. The van der Waals surface area contributed by atoms with Gasteiger partial charge in [0.25, 0.3) is 0 Å². The second kappa shape index (κ2) is 23.4. The van der Waals surface area contributed by atoms with Gasteiger partial charge in [-0.05, 0) is 0 Å². The topological polar surface area (TPSA) is 98.1 Å². The second-order valence-electron chi connectivity index (χ2n) is 18.3. The van der Waals surface area contributed by atoms with Gasteiger partial charge in [0, 0.05) is 0 Å². The van der Waals surface area contributed by atoms with Gasteiger partial charge >= 0.3 is 471 Å². The summed E-state index contributed by atoms with van der Waals surface area (Å²) in [5.74, 6) is 0. The summed E-state index contributed by atoms with van der Waals surface area (Å²) in [7, 11) is 3.86. The van der Waals surface area contributed by atoms with Crippen molar-refractivity contribution in [1.29, 1.82) is 0 Å². The van der Waals surface area contributed by atoms with Crippen molar-refractivity contribution < 1.29 is 0 Å². The molecule has 0 saturated carbocycles. The molecule has 0 atom stereocenters. The number of hydrogen-bond acceptors (Lipinski definition) is 8. The Morgan fingerprint density at radius 2 is 0.623 bits per heavy atom. The molecule has 9 aromatic carbocycles. The van der Waals surface area contributed by atoms with E-state index in [1.54, 1.807) is 19.0 Å². The molecule has 13 heteroatoms. The van der Waals surface area contributed by atoms with Crippen LogP contribution in [0.2, 0.25) is 0 Å². The Bertz CT molecular complexity index is 3690. The van der Waals surface area contributed by atoms with Crippen LogP contribution in [-0.2, 0) is 0 Å². The molecule has 0 aliphatic rings. The van der Waals surface area contributed by atoms with Gasteiger partial charge < -0.3 is 0 Å². The van der Waals surface area contributed by atoms with Crippen molar-refractivity contribution in [3.05, 3.63) is 298 Å². The third kappa shape index (κ3) is 9.83. The summed E-state index contributed by atoms with van der Waals surface area (Å²) < 4.78 is 14.8. The molecular formula is C64H50N8S2Sn3. The van der Waals surface area contributed by atoms with Gasteiger partial charge in [-0.2, -0.15) is 0 Å². The quantitative estimate of drug-likeness (QED) is 0.0861. The predicted octanol–water partition coefficient (Wildman–Crippen LogP) is 8.21. The molecule has 0 saturated heterocycles. The zero-order chi connectivity index (χ0) is 51.7. The molecular weight excluding hydrogens is 1300 g/mol. The van der Waals surface area contributed by atoms with Crippen LogP contribution in [0.15, 0.2) is 308 Å². The summed E-state index contributed by atoms with van der Waals surface area (Å²) in [6, 6.07) is 98.9. The maximum atomic E-state index is 5.23. The molecule has 0 unspecified atom stereocenters. The number of rotatable bonds is 14. The number of nitrogens with one attached hydrogen (secondary N) is 1. The van der Waals surface area contributed by atoms with E-state index in [-0.39, 0.29) is 0 Å². The van der Waals surface area contributed by atoms with Crippen LogP contribution in [0.5, 0.6) is 0 Å². The van der Waals surface area contributed by atoms with Crippen LogP contribution >= 0.6 is 17.9 Å². The van der Waals surface area contributed by atoms with Crippen molar-refractivity contribution >= 4 is 125 Å². The molecule has 0 aliphatic heterocycles. The van der Waals surface area contributed by atoms with Crippen molar-refractivity contribution in [3.8, 4) is 0 Å². The number of aromatic amines is 1. The monoisotopic (exact) mass is 1350 g/mol. The Balaban J connectivity index is 0.000000175. The first-order valence-electron chi connectivity index (χ1n) is 25.4. The predicted molar refractivity (Wildman–Crippen MR) is 326 cm³/mol. The minimum absolute atomic E-state index is 0.705. The summed E-state index contributed by atoms with van der Waals surface area (Å²) in [5.41, 5.74) is 3.35. The van der Waals surface area contributed by atoms with E-state index in [0.717, 1.165) is 26.7 Å². The molecule has 0 aliphatic carbocycles. The first kappa shape index (κ1) is 51.0. The third-order valence-electron chi connectivity index (χ3n) is 14.0. The molecule has 0 fully saturated rings. The Kier molecular flexibility index (Phi) is 15.5. The van der Waals surface area contributed by atoms with Gasteiger partial charge in [-0.1, -0.05) is 0 Å². The van der Waals surface area contributed by atoms with E-state index < -0.39 is 52.6 Å². The molecule has 13 aromatic rings. The van der Waals surface area contributed by atoms with Crippen molar-refractivity contribution in [1.82, 2.24) is 37.7 Å². The molecule has 0 amide bonds. The molecule has 1 N–H and O–H groups in total. The average Bonchev–Trinajstić information content (AvgIpc) is 4.39. The number of imidazole rings is 2. The molecule has 4 heterocycles. The number of nitrogens with zero attached hydrogens (tertiary/aromatic N) is 7. The van der Waals surface area contributed by atoms with Crippen LogP contribution in [0.25, 0.3) is 22.3 Å². The number of fused-ring (bicyclic) bond motifs is 2. The van der Waals surface area contributed by atoms with E-state index in [4.69, 9.17) is 15.0 Å². The van der Waals surface area contributed by atoms with Crippen molar-refractivity contribution in [2.45, 2.75) is 10.1 Å². The molecule has 370 valence electrons. The fourth-order valence-corrected chi connectivity index (χ4v) is 61.8. The Hall–Kier alpha value is -6.82. The summed E-state index contributed by atoms with van der Waals surface area (Å²) in [6.07, 6.45) is 7.10. The average molecular weight is 1350 g/mol. The van der Waals surface area contributed by atoms with Gasteiger partial charge in [0.05, 0.1) is 0 Å². The van der Waals surface area contributed by atoms with E-state index in [9.17, 15) is 0 Å². The van der Waals surface area contributed by atoms with Gasteiger partial charge in [-0.25, -0.2) is 0 Å². The minimum atomic E-state index is -4.03. The summed E-state index contributed by atoms with van der Waals surface area (Å²) in [5, 5.41) is 1.89. The molecule has 0 bridgehead atoms. The maximum absolute atomic E-state index is 5.23. The SMILES string of the molecule is c1cc[c]([Sn]([S]c2ncnc3c2nc[n]3[Sn]([c]2ccccc2)([c]2ccccc2)[c]2ccccc2)([c]2ccccc2)[c]2ccccc2)cc1.c1cc[c]([Sn]([S]c2ncnc3nc[nH]c23)([c]2ccccc2)[c]2ccccc2)cc1. The third-order valence-corrected chi connectivity index (χ3v) is 66.3. The van der Waals surface area contributed by atoms with E-state index in [0.29, 0.717) is 5.65 Å². The first-order chi connectivity index (χ1) is 38.2. The van der Waals surface area contributed by atoms with Crippen molar-refractivity contribution in [2.75, 3.05) is 0 Å². The van der Waals surface area contributed by atoms with E-state index in [2.05, 4.69) is 302 Å². The first-order valence-corrected chi connectivity index (χ1v) is 48.1. The fraction of sp³-hybridized carbons (Fsp3) is 0. The molecule has 0 spiro atoms. The van der Waals surface area contributed by atoms with Crippen molar-refractivity contribution in [2.24, 2.45) is 0 Å². The molecule has 4 aromatic heterocycles. The van der Waals surface area contributed by atoms with Crippen molar-refractivity contribution in [3.63, 3.8) is 0 Å². The molecule has 0 radical (unpaired) electrons. The van der Waals surface area contributed by atoms with E-state index in [1.165, 1.54) is 32.2 Å². The van der Waals surface area contributed by atoms with Gasteiger partial charge in [0.2, 0.25) is 0 Å². The van der Waals surface area contributed by atoms with Gasteiger partial charge in [-0.15, -0.1) is 0 Å². The number of hydrogen-bond donors (Lipinski definition) is 1. The Morgan fingerprint density at radius 1 is 0.312 bits per heavy atom. The fourth-order valence-electron chi connectivity index (χ4n) is 10.6. The standard InChI is InChI=1S/9C6H5.C5H4N4S.C5H3N4S.3Sn/c9*1-2-4-6-5-3-1;2*10-5-3-4(7-1-6-3)8-2-9-5;;;/h9*1-5H;1-2H,(H2,6,7,8,9,10);1-2H,(H-,6,7,8,9,10);;;/q;;;;;;;;;;-1;3*+1/p-2. The zero-order valence-corrected chi connectivity index (χ0v) is 51.9. The summed E-state index contributed by atoms with van der Waals surface area (Å²) in [6.45, 7) is 0. The second-order valence-corrected chi connectivity index (χ2v) is 59.2. The molecule has 13 rings (SSSR count). The van der Waals surface area contributed by atoms with Crippen LogP contribution in [0.3, 0.4) is 0 Å². The summed E-state index contributed by atoms with van der Waals surface area (Å²) in [4.78, 5) is 31.9. The van der Waals surface area contributed by atoms with E-state index in [1.807, 2.05) is 17.9 Å². The van der Waals surface area contributed by atoms with Gasteiger partial charge in [0.1, 0.15) is 0 Å². The molecule has 77 heavy (non-hydrogen) atoms. The number of H-pyrrole nitrogens is 1. The van der Waals surface area contributed by atoms with Crippen LogP contribution < -0.4 is 32.2 Å². The Labute approximate surface area is 466 Å². The van der Waals surface area contributed by atoms with Crippen LogP contribution in [0.4, 0.5) is 0 Å². The summed E-state index contributed by atoms with van der Waals surface area (Å²) >= 11 is -11.3. The van der Waals surface area contributed by atoms with Crippen LogP contribution in [-0.4, -0.2) is 90.3 Å². The normalized spacial score (nSPS) is 11.7. The van der Waals surface area contributed by atoms with Gasteiger partial charge in [0.15, 0.2) is 0 Å². The molecule has 8 nitrogen and oxygen atoms in total.